The minimum atomic E-state index is 0.259. The van der Waals surface area contributed by atoms with Crippen LogP contribution in [0.25, 0.3) is 0 Å². The average Bonchev–Trinajstić information content (AvgIpc) is 2.58. The second-order valence-electron chi connectivity index (χ2n) is 4.21. The second kappa shape index (κ2) is 3.57. The lowest BCUT2D eigenvalue weighted by Gasteiger charge is -2.23. The molecule has 15 heavy (non-hydrogen) atoms. The monoisotopic (exact) mass is 204 g/mol. The summed E-state index contributed by atoms with van der Waals surface area (Å²) in [6, 6.07) is 2.26. The summed E-state index contributed by atoms with van der Waals surface area (Å²) in [6.07, 6.45) is 4.67. The molecule has 0 amide bonds. The van der Waals surface area contributed by atoms with Crippen molar-refractivity contribution in [2.75, 3.05) is 0 Å². The number of aromatic nitrogens is 2. The van der Waals surface area contributed by atoms with Gasteiger partial charge in [-0.1, -0.05) is 0 Å². The van der Waals surface area contributed by atoms with Crippen LogP contribution in [-0.4, -0.2) is 14.9 Å². The first kappa shape index (κ1) is 10.0. The fourth-order valence-electron chi connectivity index (χ4n) is 1.90. The molecule has 1 aliphatic carbocycles. The van der Waals surface area contributed by atoms with Gasteiger partial charge in [0, 0.05) is 6.20 Å². The minimum absolute atomic E-state index is 0.259. The van der Waals surface area contributed by atoms with Crippen molar-refractivity contribution in [3.8, 4) is 0 Å². The van der Waals surface area contributed by atoms with Crippen LogP contribution in [0.3, 0.4) is 0 Å². The van der Waals surface area contributed by atoms with Gasteiger partial charge in [-0.25, -0.2) is 0 Å². The molecule has 1 atom stereocenters. The maximum Gasteiger partial charge on any atom is 0.114 e. The molecule has 1 aliphatic rings. The van der Waals surface area contributed by atoms with E-state index in [0.29, 0.717) is 5.76 Å². The van der Waals surface area contributed by atoms with Gasteiger partial charge >= 0.3 is 0 Å². The van der Waals surface area contributed by atoms with E-state index in [1.807, 2.05) is 43.8 Å². The van der Waals surface area contributed by atoms with Gasteiger partial charge in [-0.3, -0.25) is 4.68 Å². The van der Waals surface area contributed by atoms with Crippen LogP contribution in [0.4, 0.5) is 0 Å². The molecule has 0 aromatic carbocycles. The molecule has 3 nitrogen and oxygen atoms in total. The molecule has 0 radical (unpaired) electrons. The first-order valence-corrected chi connectivity index (χ1v) is 5.16. The molecule has 0 saturated heterocycles. The SMILES string of the molecule is CC1=CC(O)=C(C)CC1n1ccc(C)n1. The van der Waals surface area contributed by atoms with E-state index in [-0.39, 0.29) is 6.04 Å². The summed E-state index contributed by atoms with van der Waals surface area (Å²) in [6.45, 7) is 5.98. The predicted octanol–water partition coefficient (Wildman–Crippen LogP) is 2.91. The van der Waals surface area contributed by atoms with Crippen molar-refractivity contribution >= 4 is 0 Å². The summed E-state index contributed by atoms with van der Waals surface area (Å²) >= 11 is 0. The van der Waals surface area contributed by atoms with Crippen molar-refractivity contribution in [1.29, 1.82) is 0 Å². The molecule has 0 bridgehead atoms. The Bertz CT molecular complexity index is 440. The summed E-state index contributed by atoms with van der Waals surface area (Å²) < 4.78 is 1.97. The van der Waals surface area contributed by atoms with Gasteiger partial charge < -0.3 is 5.11 Å². The van der Waals surface area contributed by atoms with E-state index < -0.39 is 0 Å². The lowest BCUT2D eigenvalue weighted by molar-refractivity contribution is 0.400. The van der Waals surface area contributed by atoms with Gasteiger partial charge in [0.2, 0.25) is 0 Å². The smallest absolute Gasteiger partial charge is 0.114 e. The van der Waals surface area contributed by atoms with Crippen LogP contribution in [0, 0.1) is 6.92 Å². The molecule has 0 aliphatic heterocycles. The molecule has 1 unspecified atom stereocenters. The summed E-state index contributed by atoms with van der Waals surface area (Å²) in [5.74, 6) is 0.410. The van der Waals surface area contributed by atoms with Crippen molar-refractivity contribution < 1.29 is 5.11 Å². The Labute approximate surface area is 89.7 Å². The molecule has 1 aromatic heterocycles. The van der Waals surface area contributed by atoms with Crippen LogP contribution in [0.2, 0.25) is 0 Å². The number of hydrogen-bond acceptors (Lipinski definition) is 2. The van der Waals surface area contributed by atoms with E-state index in [4.69, 9.17) is 0 Å². The van der Waals surface area contributed by atoms with Crippen molar-refractivity contribution in [3.05, 3.63) is 40.9 Å². The standard InChI is InChI=1S/C12H16N2O/c1-8-7-12(15)9(2)6-11(8)14-5-4-10(3)13-14/h4-5,7,11,15H,6H2,1-3H3. The number of allylic oxidation sites excluding steroid dienone is 3. The highest BCUT2D eigenvalue weighted by atomic mass is 16.3. The van der Waals surface area contributed by atoms with Gasteiger partial charge in [0.1, 0.15) is 5.76 Å². The maximum atomic E-state index is 9.59. The lowest BCUT2D eigenvalue weighted by atomic mass is 9.94. The van der Waals surface area contributed by atoms with Gasteiger partial charge in [0.25, 0.3) is 0 Å². The number of aryl methyl sites for hydroxylation is 1. The first-order chi connectivity index (χ1) is 7.08. The quantitative estimate of drug-likeness (QED) is 0.763. The molecule has 3 heteroatoms. The largest absolute Gasteiger partial charge is 0.508 e. The summed E-state index contributed by atoms with van der Waals surface area (Å²) in [5.41, 5.74) is 3.21. The Hall–Kier alpha value is -1.51. The Morgan fingerprint density at radius 2 is 2.13 bits per heavy atom. The Kier molecular flexibility index (Phi) is 2.39. The van der Waals surface area contributed by atoms with E-state index >= 15 is 0 Å². The maximum absolute atomic E-state index is 9.59. The third-order valence-electron chi connectivity index (χ3n) is 2.89. The zero-order chi connectivity index (χ0) is 11.0. The molecule has 1 aromatic rings. The molecular weight excluding hydrogens is 188 g/mol. The molecule has 2 rings (SSSR count). The number of aliphatic hydroxyl groups excluding tert-OH is 1. The van der Waals surface area contributed by atoms with E-state index in [1.165, 1.54) is 0 Å². The summed E-state index contributed by atoms with van der Waals surface area (Å²) in [4.78, 5) is 0. The molecule has 1 N–H and O–H groups in total. The number of nitrogens with zero attached hydrogens (tertiary/aromatic N) is 2. The van der Waals surface area contributed by atoms with E-state index in [9.17, 15) is 5.11 Å². The van der Waals surface area contributed by atoms with Gasteiger partial charge in [-0.05, 0) is 50.5 Å². The Morgan fingerprint density at radius 3 is 2.73 bits per heavy atom. The summed E-state index contributed by atoms with van der Waals surface area (Å²) in [7, 11) is 0. The van der Waals surface area contributed by atoms with Crippen LogP contribution in [0.5, 0.6) is 0 Å². The third kappa shape index (κ3) is 1.82. The van der Waals surface area contributed by atoms with Gasteiger partial charge in [-0.15, -0.1) is 0 Å². The average molecular weight is 204 g/mol. The van der Waals surface area contributed by atoms with Crippen LogP contribution < -0.4 is 0 Å². The van der Waals surface area contributed by atoms with Crippen LogP contribution in [0.15, 0.2) is 35.2 Å². The highest BCUT2D eigenvalue weighted by Crippen LogP contribution is 2.31. The molecule has 0 saturated carbocycles. The number of aliphatic hydroxyl groups is 1. The van der Waals surface area contributed by atoms with Crippen LogP contribution in [-0.2, 0) is 0 Å². The molecule has 0 spiro atoms. The van der Waals surface area contributed by atoms with Gasteiger partial charge in [0.05, 0.1) is 11.7 Å². The minimum Gasteiger partial charge on any atom is -0.508 e. The highest BCUT2D eigenvalue weighted by molar-refractivity contribution is 5.30. The van der Waals surface area contributed by atoms with Crippen LogP contribution >= 0.6 is 0 Å². The van der Waals surface area contributed by atoms with E-state index in [2.05, 4.69) is 5.10 Å². The first-order valence-electron chi connectivity index (χ1n) is 5.16. The highest BCUT2D eigenvalue weighted by Gasteiger charge is 2.20. The summed E-state index contributed by atoms with van der Waals surface area (Å²) in [5, 5.41) is 14.0. The van der Waals surface area contributed by atoms with E-state index in [1.54, 1.807) is 0 Å². The topological polar surface area (TPSA) is 38.0 Å². The lowest BCUT2D eigenvalue weighted by Crippen LogP contribution is -2.15. The van der Waals surface area contributed by atoms with E-state index in [0.717, 1.165) is 23.3 Å². The van der Waals surface area contributed by atoms with Crippen molar-refractivity contribution in [2.45, 2.75) is 33.2 Å². The van der Waals surface area contributed by atoms with Crippen molar-refractivity contribution in [1.82, 2.24) is 9.78 Å². The Morgan fingerprint density at radius 1 is 1.40 bits per heavy atom. The normalized spacial score (nSPS) is 21.8. The second-order valence-corrected chi connectivity index (χ2v) is 4.21. The number of hydrogen-bond donors (Lipinski definition) is 1. The Balaban J connectivity index is 2.31. The molecular formula is C12H16N2O. The zero-order valence-electron chi connectivity index (χ0n) is 9.36. The van der Waals surface area contributed by atoms with Gasteiger partial charge in [-0.2, -0.15) is 5.10 Å². The third-order valence-corrected chi connectivity index (χ3v) is 2.89. The molecule has 0 fully saturated rings. The fraction of sp³-hybridized carbons (Fsp3) is 0.417. The zero-order valence-corrected chi connectivity index (χ0v) is 9.36. The molecule has 80 valence electrons. The van der Waals surface area contributed by atoms with Crippen molar-refractivity contribution in [2.24, 2.45) is 0 Å². The van der Waals surface area contributed by atoms with Crippen LogP contribution in [0.1, 0.15) is 32.0 Å². The van der Waals surface area contributed by atoms with Crippen molar-refractivity contribution in [3.63, 3.8) is 0 Å². The van der Waals surface area contributed by atoms with Gasteiger partial charge in [0.15, 0.2) is 0 Å². The fourth-order valence-corrected chi connectivity index (χ4v) is 1.90. The predicted molar refractivity (Wildman–Crippen MR) is 59.7 cm³/mol. The molecule has 1 heterocycles. The number of rotatable bonds is 1.